The van der Waals surface area contributed by atoms with Crippen LogP contribution in [0.1, 0.15) is 11.1 Å². The topological polar surface area (TPSA) is 60.7 Å². The maximum atomic E-state index is 12.2. The van der Waals surface area contributed by atoms with Crippen LogP contribution in [0.4, 0.5) is 13.2 Å². The lowest BCUT2D eigenvalue weighted by Crippen LogP contribution is -2.32. The van der Waals surface area contributed by atoms with Gasteiger partial charge in [-0.25, -0.2) is 0 Å². The van der Waals surface area contributed by atoms with Gasteiger partial charge in [0.25, 0.3) is 0 Å². The number of aromatic hydroxyl groups is 1. The first-order chi connectivity index (χ1) is 6.73. The first kappa shape index (κ1) is 11.9. The number of hydrogen-bond acceptors (Lipinski definition) is 3. The summed E-state index contributed by atoms with van der Waals surface area (Å²) < 4.78 is 36.7. The third-order valence-corrected chi connectivity index (χ3v) is 1.95. The van der Waals surface area contributed by atoms with Gasteiger partial charge in [-0.2, -0.15) is 13.2 Å². The number of alkyl halides is 3. The fraction of sp³-hybridized carbons (Fsp3) is 0.250. The molecular formula is C8H8BF3O3. The zero-order valence-electron chi connectivity index (χ0n) is 7.71. The number of phenols is 1. The number of benzene rings is 1. The molecule has 0 saturated heterocycles. The molecule has 0 fully saturated rings. The molecule has 0 radical (unpaired) electrons. The Morgan fingerprint density at radius 3 is 2.07 bits per heavy atom. The minimum Gasteiger partial charge on any atom is -0.508 e. The molecule has 0 spiro atoms. The standard InChI is InChI=1S/C8H8BF3O3/c1-4-2-5(8(10,11)12)3-6(13)7(4)9(14)15/h2-3,13-15H,1H3. The van der Waals surface area contributed by atoms with Gasteiger partial charge in [0.05, 0.1) is 5.56 Å². The molecular weight excluding hydrogens is 212 g/mol. The smallest absolute Gasteiger partial charge is 0.492 e. The van der Waals surface area contributed by atoms with E-state index < -0.39 is 24.6 Å². The maximum Gasteiger partial charge on any atom is 0.492 e. The van der Waals surface area contributed by atoms with E-state index in [0.717, 1.165) is 6.07 Å². The largest absolute Gasteiger partial charge is 0.508 e. The van der Waals surface area contributed by atoms with E-state index in [-0.39, 0.29) is 11.0 Å². The molecule has 3 nitrogen and oxygen atoms in total. The summed E-state index contributed by atoms with van der Waals surface area (Å²) in [6, 6.07) is 1.20. The maximum absolute atomic E-state index is 12.2. The Morgan fingerprint density at radius 1 is 1.20 bits per heavy atom. The van der Waals surface area contributed by atoms with Crippen molar-refractivity contribution in [3.05, 3.63) is 23.3 Å². The Balaban J connectivity index is 3.32. The summed E-state index contributed by atoms with van der Waals surface area (Å²) in [5.74, 6) is -0.780. The van der Waals surface area contributed by atoms with Gasteiger partial charge in [-0.1, -0.05) is 0 Å². The van der Waals surface area contributed by atoms with Crippen LogP contribution in [0.25, 0.3) is 0 Å². The molecule has 0 aliphatic carbocycles. The second-order valence-electron chi connectivity index (χ2n) is 3.10. The van der Waals surface area contributed by atoms with E-state index in [1.807, 2.05) is 0 Å². The van der Waals surface area contributed by atoms with Crippen LogP contribution in [0, 0.1) is 6.92 Å². The van der Waals surface area contributed by atoms with Crippen molar-refractivity contribution in [2.24, 2.45) is 0 Å². The SMILES string of the molecule is Cc1cc(C(F)(F)F)cc(O)c1B(O)O. The van der Waals surface area contributed by atoms with Gasteiger partial charge < -0.3 is 15.2 Å². The van der Waals surface area contributed by atoms with Crippen LogP contribution in [-0.2, 0) is 6.18 Å². The van der Waals surface area contributed by atoms with Crippen molar-refractivity contribution in [2.45, 2.75) is 13.1 Å². The Morgan fingerprint density at radius 2 is 1.73 bits per heavy atom. The van der Waals surface area contributed by atoms with Gasteiger partial charge >= 0.3 is 13.3 Å². The van der Waals surface area contributed by atoms with Crippen molar-refractivity contribution in [2.75, 3.05) is 0 Å². The number of rotatable bonds is 1. The molecule has 82 valence electrons. The van der Waals surface area contributed by atoms with E-state index in [2.05, 4.69) is 0 Å². The van der Waals surface area contributed by atoms with Gasteiger partial charge in [0.2, 0.25) is 0 Å². The minimum absolute atomic E-state index is 0.0303. The summed E-state index contributed by atoms with van der Waals surface area (Å²) in [5, 5.41) is 26.8. The fourth-order valence-corrected chi connectivity index (χ4v) is 1.28. The van der Waals surface area contributed by atoms with Gasteiger partial charge in [-0.3, -0.25) is 0 Å². The van der Waals surface area contributed by atoms with E-state index >= 15 is 0 Å². The van der Waals surface area contributed by atoms with Crippen molar-refractivity contribution < 1.29 is 28.3 Å². The second-order valence-corrected chi connectivity index (χ2v) is 3.10. The zero-order valence-corrected chi connectivity index (χ0v) is 7.71. The molecule has 0 aromatic heterocycles. The van der Waals surface area contributed by atoms with E-state index in [0.29, 0.717) is 6.07 Å². The highest BCUT2D eigenvalue weighted by Crippen LogP contribution is 2.31. The lowest BCUT2D eigenvalue weighted by Gasteiger charge is -2.12. The van der Waals surface area contributed by atoms with Gasteiger partial charge in [-0.15, -0.1) is 0 Å². The average molecular weight is 220 g/mol. The van der Waals surface area contributed by atoms with Crippen molar-refractivity contribution in [3.63, 3.8) is 0 Å². The Hall–Kier alpha value is -1.21. The number of aryl methyl sites for hydroxylation is 1. The van der Waals surface area contributed by atoms with Crippen molar-refractivity contribution in [1.82, 2.24) is 0 Å². The number of halogens is 3. The minimum atomic E-state index is -4.57. The lowest BCUT2D eigenvalue weighted by molar-refractivity contribution is -0.137. The highest BCUT2D eigenvalue weighted by atomic mass is 19.4. The molecule has 0 saturated carbocycles. The van der Waals surface area contributed by atoms with E-state index in [1.165, 1.54) is 6.92 Å². The van der Waals surface area contributed by atoms with Gasteiger partial charge in [-0.05, 0) is 24.6 Å². The number of hydrogen-bond donors (Lipinski definition) is 3. The third-order valence-electron chi connectivity index (χ3n) is 1.95. The van der Waals surface area contributed by atoms with Crippen LogP contribution in [0.3, 0.4) is 0 Å². The monoisotopic (exact) mass is 220 g/mol. The highest BCUT2D eigenvalue weighted by Gasteiger charge is 2.33. The normalized spacial score (nSPS) is 11.6. The first-order valence-corrected chi connectivity index (χ1v) is 4.00. The molecule has 0 aliphatic rings. The highest BCUT2D eigenvalue weighted by molar-refractivity contribution is 6.60. The summed E-state index contributed by atoms with van der Waals surface area (Å²) in [5.41, 5.74) is -1.37. The summed E-state index contributed by atoms with van der Waals surface area (Å²) in [6.45, 7) is 1.25. The van der Waals surface area contributed by atoms with Crippen molar-refractivity contribution in [3.8, 4) is 5.75 Å². The van der Waals surface area contributed by atoms with E-state index in [4.69, 9.17) is 10.0 Å². The van der Waals surface area contributed by atoms with E-state index in [9.17, 15) is 18.3 Å². The van der Waals surface area contributed by atoms with Crippen LogP contribution in [0.5, 0.6) is 5.75 Å². The lowest BCUT2D eigenvalue weighted by atomic mass is 9.76. The molecule has 1 rings (SSSR count). The quantitative estimate of drug-likeness (QED) is 0.600. The van der Waals surface area contributed by atoms with Crippen LogP contribution >= 0.6 is 0 Å². The molecule has 1 aromatic rings. The Kier molecular flexibility index (Phi) is 2.96. The van der Waals surface area contributed by atoms with Crippen molar-refractivity contribution in [1.29, 1.82) is 0 Å². The van der Waals surface area contributed by atoms with E-state index in [1.54, 1.807) is 0 Å². The zero-order chi connectivity index (χ0) is 11.8. The third kappa shape index (κ3) is 2.43. The molecule has 0 amide bonds. The molecule has 15 heavy (non-hydrogen) atoms. The molecule has 0 aliphatic heterocycles. The number of phenolic OH excluding ortho intramolecular Hbond substituents is 1. The second kappa shape index (κ2) is 3.75. The van der Waals surface area contributed by atoms with Gasteiger partial charge in [0.15, 0.2) is 0 Å². The predicted octanol–water partition coefficient (Wildman–Crippen LogP) is 0.399. The summed E-state index contributed by atoms with van der Waals surface area (Å²) >= 11 is 0. The summed E-state index contributed by atoms with van der Waals surface area (Å²) in [4.78, 5) is 0. The predicted molar refractivity (Wildman–Crippen MR) is 47.7 cm³/mol. The van der Waals surface area contributed by atoms with Crippen LogP contribution < -0.4 is 5.46 Å². The van der Waals surface area contributed by atoms with Crippen LogP contribution in [-0.4, -0.2) is 22.3 Å². The van der Waals surface area contributed by atoms with Crippen LogP contribution in [0.15, 0.2) is 12.1 Å². The summed E-state index contributed by atoms with van der Waals surface area (Å²) in [7, 11) is -1.99. The van der Waals surface area contributed by atoms with Gasteiger partial charge in [0, 0.05) is 5.46 Å². The average Bonchev–Trinajstić information content (AvgIpc) is 1.99. The summed E-state index contributed by atoms with van der Waals surface area (Å²) in [6.07, 6.45) is -4.57. The molecule has 0 heterocycles. The first-order valence-electron chi connectivity index (χ1n) is 4.00. The molecule has 7 heteroatoms. The molecule has 3 N–H and O–H groups in total. The molecule has 0 atom stereocenters. The van der Waals surface area contributed by atoms with Gasteiger partial charge in [0.1, 0.15) is 5.75 Å². The molecule has 0 unspecified atom stereocenters. The van der Waals surface area contributed by atoms with Crippen LogP contribution in [0.2, 0.25) is 0 Å². The molecule has 1 aromatic carbocycles. The Labute approximate surface area is 83.9 Å². The Bertz CT molecular complexity index is 353. The fourth-order valence-electron chi connectivity index (χ4n) is 1.28. The van der Waals surface area contributed by atoms with Crippen molar-refractivity contribution >= 4 is 12.6 Å². The molecule has 0 bridgehead atoms.